The Morgan fingerprint density at radius 1 is 0.223 bits per heavy atom. The maximum Gasteiger partial charge on any atom is 0.252 e. The normalized spacial score (nSPS) is 12.2. The van der Waals surface area contributed by atoms with E-state index >= 15 is 0 Å². The first-order valence-electron chi connectivity index (χ1n) is 31.7. The average Bonchev–Trinajstić information content (AvgIpc) is 0.838. The Hall–Kier alpha value is -12.7. The maximum absolute atomic E-state index is 5.60. The Labute approximate surface area is 544 Å². The van der Waals surface area contributed by atoms with Gasteiger partial charge in [-0.3, -0.25) is 0 Å². The first kappa shape index (κ1) is 54.3. The van der Waals surface area contributed by atoms with Gasteiger partial charge in [-0.25, -0.2) is 29.9 Å². The zero-order valence-electron chi connectivity index (χ0n) is 50.8. The van der Waals surface area contributed by atoms with E-state index in [1.165, 1.54) is 27.8 Å². The Bertz CT molecular complexity index is 5530. The number of benzene rings is 13. The predicted octanol–water partition coefficient (Wildman–Crippen LogP) is 18.6. The summed E-state index contributed by atoms with van der Waals surface area (Å²) in [5.74, 6) is 3.21. The molecular formula is C84H54BN9. The largest absolute Gasteiger partial charge is 0.311 e. The molecule has 94 heavy (non-hydrogen) atoms. The van der Waals surface area contributed by atoms with E-state index in [0.717, 1.165) is 106 Å². The number of fused-ring (bicyclic) bond motifs is 7. The van der Waals surface area contributed by atoms with E-state index in [0.29, 0.717) is 34.9 Å². The molecule has 438 valence electrons. The second-order valence-electron chi connectivity index (χ2n) is 23.8. The van der Waals surface area contributed by atoms with Crippen molar-refractivity contribution in [3.63, 3.8) is 0 Å². The second-order valence-corrected chi connectivity index (χ2v) is 23.8. The molecule has 16 aromatic rings. The van der Waals surface area contributed by atoms with Crippen molar-refractivity contribution in [1.29, 1.82) is 0 Å². The molecule has 13 aromatic carbocycles. The molecule has 0 bridgehead atoms. The van der Waals surface area contributed by atoms with E-state index in [1.807, 2.05) is 78.9 Å². The van der Waals surface area contributed by atoms with Gasteiger partial charge < -0.3 is 14.4 Å². The highest BCUT2D eigenvalue weighted by Crippen LogP contribution is 2.46. The van der Waals surface area contributed by atoms with Gasteiger partial charge in [0.15, 0.2) is 34.9 Å². The van der Waals surface area contributed by atoms with Gasteiger partial charge in [0.1, 0.15) is 0 Å². The molecule has 10 heteroatoms. The summed E-state index contributed by atoms with van der Waals surface area (Å²) in [6, 6.07) is 116. The Morgan fingerprint density at radius 3 is 1.22 bits per heavy atom. The third-order valence-electron chi connectivity index (χ3n) is 18.3. The van der Waals surface area contributed by atoms with Crippen molar-refractivity contribution in [3.05, 3.63) is 328 Å². The summed E-state index contributed by atoms with van der Waals surface area (Å²) < 4.78 is 2.35. The maximum atomic E-state index is 5.60. The number of nitrogens with zero attached hydrogens (tertiary/aromatic N) is 9. The summed E-state index contributed by atoms with van der Waals surface area (Å²) in [6.07, 6.45) is 0. The van der Waals surface area contributed by atoms with Gasteiger partial charge >= 0.3 is 0 Å². The average molecular weight is 1200 g/mol. The summed E-state index contributed by atoms with van der Waals surface area (Å²) in [4.78, 5) is 36.9. The quantitative estimate of drug-likeness (QED) is 0.118. The Kier molecular flexibility index (Phi) is 13.1. The van der Waals surface area contributed by atoms with Crippen LogP contribution in [0.15, 0.2) is 328 Å². The number of aromatic nitrogens is 7. The Morgan fingerprint density at radius 2 is 0.617 bits per heavy atom. The van der Waals surface area contributed by atoms with Crippen molar-refractivity contribution in [2.45, 2.75) is 0 Å². The minimum atomic E-state index is 0.0401. The zero-order valence-corrected chi connectivity index (χ0v) is 50.8. The van der Waals surface area contributed by atoms with Gasteiger partial charge in [-0.05, 0) is 130 Å². The van der Waals surface area contributed by atoms with E-state index < -0.39 is 0 Å². The molecule has 0 amide bonds. The molecule has 0 atom stereocenters. The van der Waals surface area contributed by atoms with Gasteiger partial charge in [0.25, 0.3) is 6.71 Å². The highest BCUT2D eigenvalue weighted by atomic mass is 15.2. The number of anilines is 6. The van der Waals surface area contributed by atoms with Crippen LogP contribution in [0.5, 0.6) is 0 Å². The van der Waals surface area contributed by atoms with Crippen molar-refractivity contribution in [2.75, 3.05) is 9.80 Å². The van der Waals surface area contributed by atoms with Crippen LogP contribution in [0.25, 0.3) is 118 Å². The van der Waals surface area contributed by atoms with E-state index in [4.69, 9.17) is 29.9 Å². The van der Waals surface area contributed by atoms with Gasteiger partial charge in [-0.15, -0.1) is 0 Å². The molecule has 0 fully saturated rings. The van der Waals surface area contributed by atoms with E-state index in [9.17, 15) is 0 Å². The first-order valence-corrected chi connectivity index (χ1v) is 31.7. The molecule has 5 heterocycles. The van der Waals surface area contributed by atoms with Gasteiger partial charge in [0, 0.05) is 78.3 Å². The van der Waals surface area contributed by atoms with Crippen LogP contribution in [0.2, 0.25) is 0 Å². The number of rotatable bonds is 11. The third-order valence-corrected chi connectivity index (χ3v) is 18.3. The first-order chi connectivity index (χ1) is 46.6. The molecule has 18 rings (SSSR count). The van der Waals surface area contributed by atoms with Gasteiger partial charge in [-0.2, -0.15) is 0 Å². The number of hydrogen-bond acceptors (Lipinski definition) is 8. The molecule has 0 saturated carbocycles. The van der Waals surface area contributed by atoms with Crippen molar-refractivity contribution in [2.24, 2.45) is 0 Å². The minimum absolute atomic E-state index is 0.0401. The second kappa shape index (κ2) is 22.7. The molecule has 0 saturated heterocycles. The van der Waals surface area contributed by atoms with Gasteiger partial charge in [0.2, 0.25) is 0 Å². The van der Waals surface area contributed by atoms with Gasteiger partial charge in [-0.1, -0.05) is 237 Å². The molecule has 3 aromatic heterocycles. The van der Waals surface area contributed by atoms with Crippen molar-refractivity contribution in [1.82, 2.24) is 34.5 Å². The number of hydrogen-bond donors (Lipinski definition) is 0. The third kappa shape index (κ3) is 9.34. The molecule has 0 spiro atoms. The zero-order chi connectivity index (χ0) is 62.1. The fourth-order valence-electron chi connectivity index (χ4n) is 14.0. The van der Waals surface area contributed by atoms with E-state index in [-0.39, 0.29) is 6.71 Å². The topological polar surface area (TPSA) is 88.7 Å². The van der Waals surface area contributed by atoms with Crippen LogP contribution < -0.4 is 26.2 Å². The lowest BCUT2D eigenvalue weighted by atomic mass is 9.33. The fourth-order valence-corrected chi connectivity index (χ4v) is 14.0. The fraction of sp³-hybridized carbons (Fsp3) is 0. The van der Waals surface area contributed by atoms with Crippen LogP contribution in [0, 0.1) is 0 Å². The summed E-state index contributed by atoms with van der Waals surface area (Å²) >= 11 is 0. The predicted molar refractivity (Wildman–Crippen MR) is 385 cm³/mol. The Balaban J connectivity index is 0.809. The number of para-hydroxylation sites is 4. The molecule has 0 aliphatic carbocycles. The molecule has 0 unspecified atom stereocenters. The smallest absolute Gasteiger partial charge is 0.252 e. The van der Waals surface area contributed by atoms with Crippen LogP contribution in [-0.2, 0) is 0 Å². The molecule has 0 N–H and O–H groups in total. The highest BCUT2D eigenvalue weighted by molar-refractivity contribution is 7.00. The van der Waals surface area contributed by atoms with Gasteiger partial charge in [0.05, 0.1) is 16.7 Å². The highest BCUT2D eigenvalue weighted by Gasteiger charge is 2.43. The van der Waals surface area contributed by atoms with Crippen molar-refractivity contribution >= 4 is 79.0 Å². The molecule has 0 radical (unpaired) electrons. The van der Waals surface area contributed by atoms with Crippen molar-refractivity contribution < 1.29 is 0 Å². The monoisotopic (exact) mass is 1200 g/mol. The SMILES string of the molecule is c1ccc(-c2ccc3c(c2)c2ccccc2n3-c2ccc(-c3nc(-c4ccccc4)nc(-c4ccccc4)n3)cc2-c2nc(-c3ccccc3)nc(-c3cccc(-c4cccc(N5c6ccccc6B6c7ccccc7N(c7ccccc7)c7cccc5c76)c4)c3)n2)cc1. The van der Waals surface area contributed by atoms with Crippen molar-refractivity contribution in [3.8, 4) is 96.3 Å². The molecule has 2 aliphatic rings. The summed E-state index contributed by atoms with van der Waals surface area (Å²) in [5.41, 5.74) is 23.0. The van der Waals surface area contributed by atoms with Crippen LogP contribution in [0.1, 0.15) is 0 Å². The lowest BCUT2D eigenvalue weighted by Gasteiger charge is -2.44. The van der Waals surface area contributed by atoms with E-state index in [1.54, 1.807) is 0 Å². The summed E-state index contributed by atoms with van der Waals surface area (Å²) in [7, 11) is 0. The summed E-state index contributed by atoms with van der Waals surface area (Å²) in [6.45, 7) is 0.0401. The van der Waals surface area contributed by atoms with Crippen LogP contribution in [0.4, 0.5) is 34.1 Å². The molecular weight excluding hydrogens is 1150 g/mol. The van der Waals surface area contributed by atoms with Crippen LogP contribution in [-0.4, -0.2) is 41.2 Å². The lowest BCUT2D eigenvalue weighted by molar-refractivity contribution is 1.06. The molecule has 9 nitrogen and oxygen atoms in total. The minimum Gasteiger partial charge on any atom is -0.311 e. The van der Waals surface area contributed by atoms with E-state index in [2.05, 4.69) is 263 Å². The lowest BCUT2D eigenvalue weighted by Crippen LogP contribution is -2.61. The standard InChI is InChI=1S/C84H54BN9/c1-6-25-55(26-7-1)61-47-49-72-67(53-61)66-39-16-19-42-71(66)94(72)73-50-48-63(83-87-79(56-27-8-2-9-28-56)86-80(88-83)57-29-10-3-11-30-57)54-68(73)84-90-81(58-31-12-4-13-32-58)89-82(91-84)62-35-22-33-59(51-62)60-34-23-38-65(52-60)93-75-44-21-18-41-70(75)85-69-40-17-20-43-74(69)92(64-36-14-5-15-37-64)76-45-24-46-77(93)78(76)85/h1-54H. The summed E-state index contributed by atoms with van der Waals surface area (Å²) in [5, 5.41) is 2.26. The van der Waals surface area contributed by atoms with Crippen LogP contribution >= 0.6 is 0 Å². The van der Waals surface area contributed by atoms with Crippen LogP contribution in [0.3, 0.4) is 0 Å². The molecule has 2 aliphatic heterocycles.